The summed E-state index contributed by atoms with van der Waals surface area (Å²) in [4.78, 5) is 13.6. The maximum absolute atomic E-state index is 14.1. The third-order valence-electron chi connectivity index (χ3n) is 5.62. The minimum atomic E-state index is -3.82. The second-order valence-corrected chi connectivity index (χ2v) is 10.7. The molecule has 1 saturated heterocycles. The number of halogens is 1. The van der Waals surface area contributed by atoms with Crippen LogP contribution in [0.2, 0.25) is 0 Å². The summed E-state index contributed by atoms with van der Waals surface area (Å²) in [5.41, 5.74) is 0.653. The van der Waals surface area contributed by atoms with Gasteiger partial charge in [0.05, 0.1) is 15.9 Å². The number of rotatable bonds is 5. The molecule has 0 spiro atoms. The van der Waals surface area contributed by atoms with Gasteiger partial charge >= 0.3 is 0 Å². The van der Waals surface area contributed by atoms with E-state index in [2.05, 4.69) is 5.32 Å². The lowest BCUT2D eigenvalue weighted by Gasteiger charge is -2.31. The Bertz CT molecular complexity index is 1100. The lowest BCUT2D eigenvalue weighted by molar-refractivity contribution is -0.384. The number of hydrogen-bond acceptors (Lipinski definition) is 7. The van der Waals surface area contributed by atoms with Gasteiger partial charge in [-0.1, -0.05) is 12.1 Å². The molecule has 166 valence electrons. The van der Waals surface area contributed by atoms with Crippen LogP contribution in [0.15, 0.2) is 46.2 Å². The van der Waals surface area contributed by atoms with Crippen LogP contribution in [0, 0.1) is 15.9 Å². The van der Waals surface area contributed by atoms with Crippen LogP contribution in [0.4, 0.5) is 15.8 Å². The fourth-order valence-electron chi connectivity index (χ4n) is 3.85. The number of nitrogens with zero attached hydrogens (tertiary/aromatic N) is 3. The quantitative estimate of drug-likeness (QED) is 0.533. The highest BCUT2D eigenvalue weighted by molar-refractivity contribution is 7.99. The first-order valence-electron chi connectivity index (χ1n) is 9.92. The Hall–Kier alpha value is -2.21. The fourth-order valence-corrected chi connectivity index (χ4v) is 6.43. The standard InChI is InChI=1S/C20H23FN4O4S2/c1-23-8-10-24(11-9-23)31(28,29)14-5-6-18(19(13-14)25(26)27)22-17-7-12-30-20-15(17)3-2-4-16(20)21/h2-6,13,17,22H,7-12H2,1H3/t17-/m1/s1. The van der Waals surface area contributed by atoms with Crippen molar-refractivity contribution in [1.29, 1.82) is 0 Å². The largest absolute Gasteiger partial charge is 0.373 e. The number of nitrogens with one attached hydrogen (secondary N) is 1. The van der Waals surface area contributed by atoms with Crippen LogP contribution in [0.5, 0.6) is 0 Å². The van der Waals surface area contributed by atoms with E-state index >= 15 is 0 Å². The number of hydrogen-bond donors (Lipinski definition) is 1. The summed E-state index contributed by atoms with van der Waals surface area (Å²) in [5.74, 6) is 0.368. The van der Waals surface area contributed by atoms with Crippen LogP contribution < -0.4 is 5.32 Å². The molecular weight excluding hydrogens is 443 g/mol. The average molecular weight is 467 g/mol. The summed E-state index contributed by atoms with van der Waals surface area (Å²) in [6.07, 6.45) is 0.666. The van der Waals surface area contributed by atoms with E-state index in [4.69, 9.17) is 0 Å². The average Bonchev–Trinajstić information content (AvgIpc) is 2.75. The third kappa shape index (κ3) is 4.40. The molecule has 1 atom stereocenters. The van der Waals surface area contributed by atoms with Crippen molar-refractivity contribution in [3.05, 3.63) is 57.9 Å². The molecule has 1 fully saturated rings. The molecule has 8 nitrogen and oxygen atoms in total. The van der Waals surface area contributed by atoms with E-state index in [0.29, 0.717) is 43.2 Å². The molecule has 0 amide bonds. The molecule has 31 heavy (non-hydrogen) atoms. The molecular formula is C20H23FN4O4S2. The van der Waals surface area contributed by atoms with Gasteiger partial charge in [-0.05, 0) is 37.2 Å². The normalized spacial score (nSPS) is 20.3. The first-order chi connectivity index (χ1) is 14.8. The number of fused-ring (bicyclic) bond motifs is 1. The van der Waals surface area contributed by atoms with Gasteiger partial charge in [-0.15, -0.1) is 11.8 Å². The molecule has 2 aromatic rings. The molecule has 0 unspecified atom stereocenters. The minimum Gasteiger partial charge on any atom is -0.373 e. The maximum Gasteiger partial charge on any atom is 0.293 e. The van der Waals surface area contributed by atoms with E-state index < -0.39 is 14.9 Å². The van der Waals surface area contributed by atoms with Gasteiger partial charge in [0, 0.05) is 42.9 Å². The van der Waals surface area contributed by atoms with Crippen molar-refractivity contribution in [3.63, 3.8) is 0 Å². The molecule has 2 aromatic carbocycles. The minimum absolute atomic E-state index is 0.0973. The van der Waals surface area contributed by atoms with E-state index in [1.165, 1.54) is 34.3 Å². The SMILES string of the molecule is CN1CCN(S(=O)(=O)c2ccc(N[C@@H]3CCSc4c(F)cccc43)c([N+](=O)[O-])c2)CC1. The lowest BCUT2D eigenvalue weighted by Crippen LogP contribution is -2.47. The van der Waals surface area contributed by atoms with Crippen molar-refractivity contribution in [2.45, 2.75) is 22.3 Å². The zero-order chi connectivity index (χ0) is 22.2. The number of thioether (sulfide) groups is 1. The molecule has 2 heterocycles. The monoisotopic (exact) mass is 466 g/mol. The van der Waals surface area contributed by atoms with Gasteiger partial charge in [0.1, 0.15) is 11.5 Å². The van der Waals surface area contributed by atoms with Crippen LogP contribution in [0.1, 0.15) is 18.0 Å². The maximum atomic E-state index is 14.1. The lowest BCUT2D eigenvalue weighted by atomic mass is 10.0. The highest BCUT2D eigenvalue weighted by Gasteiger charge is 2.31. The Morgan fingerprint density at radius 1 is 1.19 bits per heavy atom. The summed E-state index contributed by atoms with van der Waals surface area (Å²) >= 11 is 1.42. The number of benzene rings is 2. The molecule has 11 heteroatoms. The highest BCUT2D eigenvalue weighted by atomic mass is 32.2. The Labute approximate surface area is 184 Å². The summed E-state index contributed by atoms with van der Waals surface area (Å²) in [5, 5.41) is 14.9. The van der Waals surface area contributed by atoms with Gasteiger partial charge in [0.2, 0.25) is 10.0 Å². The summed E-state index contributed by atoms with van der Waals surface area (Å²) in [6, 6.07) is 8.46. The Morgan fingerprint density at radius 3 is 2.65 bits per heavy atom. The predicted molar refractivity (Wildman–Crippen MR) is 117 cm³/mol. The predicted octanol–water partition coefficient (Wildman–Crippen LogP) is 3.32. The van der Waals surface area contributed by atoms with E-state index in [0.717, 1.165) is 11.6 Å². The van der Waals surface area contributed by atoms with Crippen LogP contribution in [-0.2, 0) is 10.0 Å². The van der Waals surface area contributed by atoms with E-state index in [1.54, 1.807) is 12.1 Å². The van der Waals surface area contributed by atoms with E-state index in [1.807, 2.05) is 11.9 Å². The molecule has 0 saturated carbocycles. The molecule has 0 aromatic heterocycles. The number of likely N-dealkylation sites (N-methyl/N-ethyl adjacent to an activating group) is 1. The van der Waals surface area contributed by atoms with Crippen LogP contribution in [-0.4, -0.2) is 61.5 Å². The van der Waals surface area contributed by atoms with E-state index in [9.17, 15) is 22.9 Å². The zero-order valence-corrected chi connectivity index (χ0v) is 18.6. The second kappa shape index (κ2) is 8.73. The van der Waals surface area contributed by atoms with E-state index in [-0.39, 0.29) is 28.1 Å². The van der Waals surface area contributed by atoms with Crippen molar-refractivity contribution < 1.29 is 17.7 Å². The molecule has 0 radical (unpaired) electrons. The van der Waals surface area contributed by atoms with Crippen molar-refractivity contribution in [2.24, 2.45) is 0 Å². The molecule has 1 N–H and O–H groups in total. The summed E-state index contributed by atoms with van der Waals surface area (Å²) in [7, 11) is -1.90. The molecule has 2 aliphatic heterocycles. The summed E-state index contributed by atoms with van der Waals surface area (Å²) in [6.45, 7) is 1.90. The third-order valence-corrected chi connectivity index (χ3v) is 8.68. The van der Waals surface area contributed by atoms with Gasteiger partial charge in [0.15, 0.2) is 0 Å². The molecule has 4 rings (SSSR count). The van der Waals surface area contributed by atoms with Gasteiger partial charge in [-0.25, -0.2) is 12.8 Å². The fraction of sp³-hybridized carbons (Fsp3) is 0.400. The molecule has 0 bridgehead atoms. The summed E-state index contributed by atoms with van der Waals surface area (Å²) < 4.78 is 41.5. The topological polar surface area (TPSA) is 95.8 Å². The van der Waals surface area contributed by atoms with Crippen LogP contribution in [0.3, 0.4) is 0 Å². The van der Waals surface area contributed by atoms with Gasteiger partial charge in [-0.2, -0.15) is 4.31 Å². The molecule has 0 aliphatic carbocycles. The van der Waals surface area contributed by atoms with Crippen LogP contribution >= 0.6 is 11.8 Å². The first-order valence-corrected chi connectivity index (χ1v) is 12.3. The first kappa shape index (κ1) is 22.0. The highest BCUT2D eigenvalue weighted by Crippen LogP contribution is 2.41. The van der Waals surface area contributed by atoms with Crippen molar-refractivity contribution in [1.82, 2.24) is 9.21 Å². The number of nitro benzene ring substituents is 1. The van der Waals surface area contributed by atoms with Crippen molar-refractivity contribution in [3.8, 4) is 0 Å². The molecule has 2 aliphatic rings. The zero-order valence-electron chi connectivity index (χ0n) is 17.0. The van der Waals surface area contributed by atoms with Crippen molar-refractivity contribution in [2.75, 3.05) is 44.3 Å². The smallest absolute Gasteiger partial charge is 0.293 e. The second-order valence-electron chi connectivity index (χ2n) is 7.64. The number of nitro groups is 1. The van der Waals surface area contributed by atoms with Crippen molar-refractivity contribution >= 4 is 33.2 Å². The van der Waals surface area contributed by atoms with Gasteiger partial charge in [-0.3, -0.25) is 10.1 Å². The number of piperazine rings is 1. The van der Waals surface area contributed by atoms with Crippen LogP contribution in [0.25, 0.3) is 0 Å². The van der Waals surface area contributed by atoms with Gasteiger partial charge < -0.3 is 10.2 Å². The number of anilines is 1. The van der Waals surface area contributed by atoms with Gasteiger partial charge in [0.25, 0.3) is 5.69 Å². The Morgan fingerprint density at radius 2 is 1.94 bits per heavy atom. The number of sulfonamides is 1. The Kier molecular flexibility index (Phi) is 6.20. The Balaban J connectivity index is 1.64.